The quantitative estimate of drug-likeness (QED) is 0.0173. The number of aliphatic imine (C=N–C) groups is 1. The second-order valence-corrected chi connectivity index (χ2v) is 20.3. The van der Waals surface area contributed by atoms with Crippen LogP contribution in [0.2, 0.25) is 0 Å². The number of hydrogen-bond donors (Lipinski definition) is 17. The minimum atomic E-state index is -1.77. The summed E-state index contributed by atoms with van der Waals surface area (Å²) >= 11 is 0. The largest absolute Gasteiger partial charge is 0.508 e. The average molecular weight is 1150 g/mol. The highest BCUT2D eigenvalue weighted by atomic mass is 16.4. The Bertz CT molecular complexity index is 2600. The summed E-state index contributed by atoms with van der Waals surface area (Å²) in [7, 11) is 0. The lowest BCUT2D eigenvalue weighted by Gasteiger charge is -2.28. The van der Waals surface area contributed by atoms with Crippen molar-refractivity contribution >= 4 is 76.9 Å². The number of aromatic hydroxyl groups is 2. The number of nitrogens with zero attached hydrogens (tertiary/aromatic N) is 1. The van der Waals surface area contributed by atoms with E-state index in [0.717, 1.165) is 0 Å². The molecule has 2 aromatic carbocycles. The number of aliphatic carboxylic acids is 1. The number of guanidine groups is 1. The molecule has 0 heterocycles. The molecule has 11 amide bonds. The van der Waals surface area contributed by atoms with Gasteiger partial charge >= 0.3 is 5.97 Å². The molecule has 0 aliphatic heterocycles. The summed E-state index contributed by atoms with van der Waals surface area (Å²) in [6.45, 7) is 7.87. The Morgan fingerprint density at radius 2 is 0.878 bits per heavy atom. The van der Waals surface area contributed by atoms with Gasteiger partial charge in [-0.3, -0.25) is 57.7 Å². The lowest BCUT2D eigenvalue weighted by Crippen LogP contribution is -2.61. The molecule has 0 spiro atoms. The van der Waals surface area contributed by atoms with Crippen LogP contribution in [-0.2, 0) is 70.4 Å². The van der Waals surface area contributed by atoms with Crippen LogP contribution in [0.15, 0.2) is 53.5 Å². The summed E-state index contributed by atoms with van der Waals surface area (Å²) in [6, 6.07) is -2.47. The molecule has 0 bridgehead atoms. The summed E-state index contributed by atoms with van der Waals surface area (Å²) in [6.07, 6.45) is -2.67. The van der Waals surface area contributed by atoms with E-state index >= 15 is 0 Å². The van der Waals surface area contributed by atoms with E-state index < -0.39 is 157 Å². The number of amides is 11. The van der Waals surface area contributed by atoms with E-state index in [9.17, 15) is 72.9 Å². The predicted molar refractivity (Wildman–Crippen MR) is 295 cm³/mol. The van der Waals surface area contributed by atoms with Crippen molar-refractivity contribution in [3.05, 3.63) is 59.7 Å². The standard InChI is InChI=1S/C52H79N15O15/c1-25(2)21-38(51(81)82)66-48(78)36(23-29-10-14-31(69)15-11-29)64-46(76)34(17-19-40(55)71)62-47(77)35(22-28-8-12-30(68)13-9-28)63-43(73)27(5)60-50(80)42(26(3)4)67-49(79)37(24-41(56)72)65-45(75)33(16-18-39(54)70)61-44(74)32(53)7-6-20-59-52(57)58/h8-15,25-27,32-38,42,68-69H,6-7,16-24,53H2,1-5H3,(H2,54,70)(H2,55,71)(H2,56,72)(H,60,80)(H,61,74)(H,62,77)(H,63,73)(H,64,76)(H,65,75)(H,66,78)(H,67,79)(H,81,82)(H4,57,58,59)/t27-,32-,33-,34-,35-,36-,37-,38-,42-/m0/s1. The van der Waals surface area contributed by atoms with Crippen molar-refractivity contribution in [3.8, 4) is 11.5 Å². The molecular formula is C52H79N15O15. The summed E-state index contributed by atoms with van der Waals surface area (Å²) in [5.74, 6) is -13.4. The molecule has 0 saturated carbocycles. The van der Waals surface area contributed by atoms with Crippen LogP contribution in [0, 0.1) is 11.8 Å². The van der Waals surface area contributed by atoms with Gasteiger partial charge in [0, 0.05) is 32.2 Å². The molecule has 0 fully saturated rings. The number of primary amides is 3. The highest BCUT2D eigenvalue weighted by Crippen LogP contribution is 2.16. The zero-order chi connectivity index (χ0) is 62.0. The average Bonchev–Trinajstić information content (AvgIpc) is 3.46. The maximum Gasteiger partial charge on any atom is 0.326 e. The van der Waals surface area contributed by atoms with Crippen molar-refractivity contribution in [2.45, 2.75) is 153 Å². The zero-order valence-electron chi connectivity index (χ0n) is 46.4. The van der Waals surface area contributed by atoms with Gasteiger partial charge in [-0.25, -0.2) is 4.79 Å². The first-order valence-electron chi connectivity index (χ1n) is 26.2. The van der Waals surface area contributed by atoms with Crippen LogP contribution in [0.5, 0.6) is 11.5 Å². The molecule has 452 valence electrons. The van der Waals surface area contributed by atoms with Crippen molar-refractivity contribution in [1.29, 1.82) is 0 Å². The number of phenolic OH excluding ortho intramolecular Hbond substituents is 2. The molecule has 0 unspecified atom stereocenters. The summed E-state index contributed by atoms with van der Waals surface area (Å²) in [4.78, 5) is 162. The maximum atomic E-state index is 14.3. The summed E-state index contributed by atoms with van der Waals surface area (Å²) in [5.41, 5.74) is 33.6. The minimum absolute atomic E-state index is 0.0278. The normalized spacial score (nSPS) is 14.3. The fraction of sp³-hybridized carbons (Fsp3) is 0.519. The second-order valence-electron chi connectivity index (χ2n) is 20.3. The maximum absolute atomic E-state index is 14.3. The molecule has 2 aromatic rings. The predicted octanol–water partition coefficient (Wildman–Crippen LogP) is -4.64. The first-order chi connectivity index (χ1) is 38.4. The van der Waals surface area contributed by atoms with Gasteiger partial charge in [0.25, 0.3) is 0 Å². The number of carboxylic acid groups (broad SMARTS) is 1. The van der Waals surface area contributed by atoms with Gasteiger partial charge in [0.1, 0.15) is 59.8 Å². The number of nitrogens with one attached hydrogen (secondary N) is 8. The summed E-state index contributed by atoms with van der Waals surface area (Å²) < 4.78 is 0. The van der Waals surface area contributed by atoms with E-state index in [2.05, 4.69) is 47.5 Å². The molecule has 0 radical (unpaired) electrons. The van der Waals surface area contributed by atoms with Crippen LogP contribution in [0.4, 0.5) is 0 Å². The van der Waals surface area contributed by atoms with Gasteiger partial charge in [-0.05, 0) is 86.3 Å². The first kappa shape index (κ1) is 69.0. The van der Waals surface area contributed by atoms with E-state index in [-0.39, 0.29) is 68.4 Å². The SMILES string of the molecule is CC(C)C[C@H](NC(=O)[C@H](Cc1ccc(O)cc1)NC(=O)[C@H](CCC(N)=O)NC(=O)[C@H](Cc1ccc(O)cc1)NC(=O)[C@H](C)NC(=O)[C@@H](NC(=O)[C@H](CC(N)=O)NC(=O)[C@H](CCC(N)=O)NC(=O)[C@@H](N)CCCN=C(N)N)C(C)C)C(=O)O. The molecule has 0 aliphatic rings. The van der Waals surface area contributed by atoms with E-state index in [1.165, 1.54) is 69.3 Å². The van der Waals surface area contributed by atoms with Gasteiger partial charge < -0.3 is 92.3 Å². The van der Waals surface area contributed by atoms with Gasteiger partial charge in [-0.1, -0.05) is 52.0 Å². The van der Waals surface area contributed by atoms with Crippen molar-refractivity contribution in [2.24, 2.45) is 51.2 Å². The van der Waals surface area contributed by atoms with E-state index in [0.29, 0.717) is 11.1 Å². The molecule has 0 aromatic heterocycles. The van der Waals surface area contributed by atoms with Crippen LogP contribution in [-0.4, -0.2) is 153 Å². The van der Waals surface area contributed by atoms with Crippen LogP contribution in [0.1, 0.15) is 97.1 Å². The highest BCUT2D eigenvalue weighted by molar-refractivity contribution is 5.99. The molecule has 30 nitrogen and oxygen atoms in total. The van der Waals surface area contributed by atoms with Crippen molar-refractivity contribution < 1.29 is 72.9 Å². The Balaban J connectivity index is 2.42. The van der Waals surface area contributed by atoms with Crippen LogP contribution < -0.4 is 76.9 Å². The van der Waals surface area contributed by atoms with E-state index in [4.69, 9.17) is 34.4 Å². The van der Waals surface area contributed by atoms with Crippen LogP contribution in [0.25, 0.3) is 0 Å². The van der Waals surface area contributed by atoms with Crippen molar-refractivity contribution in [1.82, 2.24) is 42.5 Å². The van der Waals surface area contributed by atoms with Crippen molar-refractivity contribution in [2.75, 3.05) is 6.54 Å². The molecule has 82 heavy (non-hydrogen) atoms. The zero-order valence-corrected chi connectivity index (χ0v) is 46.4. The van der Waals surface area contributed by atoms with Crippen LogP contribution >= 0.6 is 0 Å². The lowest BCUT2D eigenvalue weighted by molar-refractivity contribution is -0.142. The van der Waals surface area contributed by atoms with Crippen molar-refractivity contribution in [3.63, 3.8) is 0 Å². The fourth-order valence-electron chi connectivity index (χ4n) is 7.84. The number of benzene rings is 2. The third kappa shape index (κ3) is 25.8. The molecule has 9 atom stereocenters. The monoisotopic (exact) mass is 1150 g/mol. The van der Waals surface area contributed by atoms with Gasteiger partial charge in [-0.2, -0.15) is 0 Å². The van der Waals surface area contributed by atoms with Crippen LogP contribution in [0.3, 0.4) is 0 Å². The Morgan fingerprint density at radius 3 is 1.29 bits per heavy atom. The second kappa shape index (κ2) is 34.1. The third-order valence-corrected chi connectivity index (χ3v) is 12.3. The Morgan fingerprint density at radius 1 is 0.476 bits per heavy atom. The molecule has 23 N–H and O–H groups in total. The Kier molecular flexibility index (Phi) is 28.7. The molecule has 2 rings (SSSR count). The number of carbonyl (C=O) groups is 12. The highest BCUT2D eigenvalue weighted by Gasteiger charge is 2.36. The number of phenols is 2. The third-order valence-electron chi connectivity index (χ3n) is 12.3. The smallest absolute Gasteiger partial charge is 0.326 e. The van der Waals surface area contributed by atoms with Gasteiger partial charge in [-0.15, -0.1) is 0 Å². The fourth-order valence-corrected chi connectivity index (χ4v) is 7.84. The molecule has 30 heteroatoms. The molecular weight excluding hydrogens is 1070 g/mol. The summed E-state index contributed by atoms with van der Waals surface area (Å²) in [5, 5.41) is 49.2. The number of carbonyl (C=O) groups excluding carboxylic acids is 11. The number of carboxylic acids is 1. The molecule has 0 saturated heterocycles. The van der Waals surface area contributed by atoms with E-state index in [1.807, 2.05) is 0 Å². The van der Waals surface area contributed by atoms with Gasteiger partial charge in [0.2, 0.25) is 65.0 Å². The number of hydrogen-bond acceptors (Lipinski definition) is 16. The topological polar surface area (TPSA) is 530 Å². The van der Waals surface area contributed by atoms with Gasteiger partial charge in [0.05, 0.1) is 12.5 Å². The Hall–Kier alpha value is -9.09. The molecule has 0 aliphatic carbocycles. The Labute approximate surface area is 473 Å². The number of nitrogens with two attached hydrogens (primary N) is 6. The minimum Gasteiger partial charge on any atom is -0.508 e. The van der Waals surface area contributed by atoms with Gasteiger partial charge in [0.15, 0.2) is 5.96 Å². The van der Waals surface area contributed by atoms with E-state index in [1.54, 1.807) is 13.8 Å². The lowest BCUT2D eigenvalue weighted by atomic mass is 10.0. The first-order valence-corrected chi connectivity index (χ1v) is 26.2. The number of rotatable bonds is 36.